The summed E-state index contributed by atoms with van der Waals surface area (Å²) >= 11 is 1.98. The van der Waals surface area contributed by atoms with Crippen molar-refractivity contribution in [1.29, 1.82) is 0 Å². The van der Waals surface area contributed by atoms with Crippen molar-refractivity contribution in [3.8, 4) is 0 Å². The van der Waals surface area contributed by atoms with Gasteiger partial charge in [-0.2, -0.15) is 11.8 Å². The summed E-state index contributed by atoms with van der Waals surface area (Å²) in [4.78, 5) is 10.2. The van der Waals surface area contributed by atoms with E-state index >= 15 is 0 Å². The molecule has 1 unspecified atom stereocenters. The molecular weight excluding hydrogens is 315 g/mol. The number of carbonyl (C=O) groups excluding carboxylic acids is 1. The van der Waals surface area contributed by atoms with Crippen molar-refractivity contribution in [2.45, 2.75) is 52.1 Å². The molecule has 0 aliphatic carbocycles. The lowest BCUT2D eigenvalue weighted by atomic mass is 9.92. The van der Waals surface area contributed by atoms with E-state index < -0.39 is 0 Å². The van der Waals surface area contributed by atoms with Gasteiger partial charge in [0.1, 0.15) is 11.9 Å². The second-order valence-electron chi connectivity index (χ2n) is 5.73. The predicted molar refractivity (Wildman–Crippen MR) is 93.4 cm³/mol. The summed E-state index contributed by atoms with van der Waals surface area (Å²) in [5.74, 6) is 2.46. The lowest BCUT2D eigenvalue weighted by molar-refractivity contribution is -0.148. The van der Waals surface area contributed by atoms with Gasteiger partial charge in [0.15, 0.2) is 0 Å². The summed E-state index contributed by atoms with van der Waals surface area (Å²) < 4.78 is 18.3. The molecule has 5 heteroatoms. The zero-order chi connectivity index (χ0) is 17.2. The molecule has 1 fully saturated rings. The number of halogens is 1. The molecule has 130 valence electrons. The van der Waals surface area contributed by atoms with Crippen molar-refractivity contribution in [3.05, 3.63) is 35.1 Å². The highest BCUT2D eigenvalue weighted by atomic mass is 32.2. The lowest BCUT2D eigenvalue weighted by Gasteiger charge is -2.22. The fourth-order valence-corrected chi connectivity index (χ4v) is 3.56. The van der Waals surface area contributed by atoms with Crippen LogP contribution < -0.4 is 0 Å². The highest BCUT2D eigenvalue weighted by molar-refractivity contribution is 7.99. The van der Waals surface area contributed by atoms with Crippen LogP contribution in [0.5, 0.6) is 0 Å². The topological polar surface area (TPSA) is 46.5 Å². The van der Waals surface area contributed by atoms with Crippen LogP contribution in [0, 0.1) is 12.7 Å². The Labute approximate surface area is 142 Å². The van der Waals surface area contributed by atoms with Gasteiger partial charge < -0.3 is 9.84 Å². The van der Waals surface area contributed by atoms with Gasteiger partial charge in [-0.1, -0.05) is 19.1 Å². The van der Waals surface area contributed by atoms with Gasteiger partial charge in [0.25, 0.3) is 0 Å². The Balaban J connectivity index is 0.000000257. The minimum atomic E-state index is -0.337. The standard InChI is InChI=1S/C12H15FS.C6H12O3/c1-9-2-3-11(12(13)8-9)10-4-6-14-7-5-10;1-3-6(4-7)9-5(2)8/h2-3,8,10H,4-7H2,1H3;6-7H,3-4H2,1-2H3. The first kappa shape index (κ1) is 20.0. The number of aryl methyl sites for hydroxylation is 1. The van der Waals surface area contributed by atoms with Crippen LogP contribution in [0.4, 0.5) is 4.39 Å². The largest absolute Gasteiger partial charge is 0.460 e. The molecule has 1 aromatic rings. The van der Waals surface area contributed by atoms with Gasteiger partial charge in [-0.05, 0) is 60.8 Å². The summed E-state index contributed by atoms with van der Waals surface area (Å²) in [5.41, 5.74) is 1.94. The molecule has 2 rings (SSSR count). The van der Waals surface area contributed by atoms with E-state index in [0.29, 0.717) is 12.3 Å². The van der Waals surface area contributed by atoms with Crippen LogP contribution in [-0.4, -0.2) is 35.3 Å². The molecule has 3 nitrogen and oxygen atoms in total. The molecular formula is C18H27FO3S. The first-order valence-corrected chi connectivity index (χ1v) is 9.25. The molecule has 0 saturated carbocycles. The van der Waals surface area contributed by atoms with Crippen molar-refractivity contribution >= 4 is 17.7 Å². The van der Waals surface area contributed by atoms with Crippen LogP contribution >= 0.6 is 11.8 Å². The van der Waals surface area contributed by atoms with Gasteiger partial charge in [0, 0.05) is 6.92 Å². The molecule has 0 radical (unpaired) electrons. The van der Waals surface area contributed by atoms with E-state index in [0.717, 1.165) is 24.0 Å². The molecule has 0 amide bonds. The normalized spacial score (nSPS) is 16.2. The highest BCUT2D eigenvalue weighted by Crippen LogP contribution is 2.32. The number of hydrogen-bond donors (Lipinski definition) is 1. The molecule has 1 N–H and O–H groups in total. The SMILES string of the molecule is CCC(CO)OC(C)=O.Cc1ccc(C2CCSCC2)c(F)c1. The summed E-state index contributed by atoms with van der Waals surface area (Å²) in [6.45, 7) is 5.03. The minimum absolute atomic E-state index is 0.0121. The Kier molecular flexibility index (Phi) is 9.26. The third-order valence-electron chi connectivity index (χ3n) is 3.81. The number of thioether (sulfide) groups is 1. The van der Waals surface area contributed by atoms with E-state index in [1.165, 1.54) is 18.4 Å². The van der Waals surface area contributed by atoms with E-state index in [1.54, 1.807) is 6.07 Å². The van der Waals surface area contributed by atoms with Crippen LogP contribution in [0.2, 0.25) is 0 Å². The zero-order valence-corrected chi connectivity index (χ0v) is 15.0. The minimum Gasteiger partial charge on any atom is -0.460 e. The Hall–Kier alpha value is -1.07. The number of aliphatic hydroxyl groups is 1. The van der Waals surface area contributed by atoms with Gasteiger partial charge >= 0.3 is 5.97 Å². The number of benzene rings is 1. The van der Waals surface area contributed by atoms with E-state index in [4.69, 9.17) is 5.11 Å². The van der Waals surface area contributed by atoms with Gasteiger partial charge in [-0.15, -0.1) is 0 Å². The quantitative estimate of drug-likeness (QED) is 0.838. The number of carbonyl (C=O) groups is 1. The molecule has 0 bridgehead atoms. The van der Waals surface area contributed by atoms with Crippen molar-refractivity contribution in [1.82, 2.24) is 0 Å². The van der Waals surface area contributed by atoms with Crippen molar-refractivity contribution in [2.75, 3.05) is 18.1 Å². The third-order valence-corrected chi connectivity index (χ3v) is 4.86. The van der Waals surface area contributed by atoms with Gasteiger partial charge in [0.05, 0.1) is 6.61 Å². The average Bonchev–Trinajstić information content (AvgIpc) is 2.54. The van der Waals surface area contributed by atoms with Gasteiger partial charge in [-0.3, -0.25) is 4.79 Å². The Morgan fingerprint density at radius 2 is 2.09 bits per heavy atom. The number of rotatable bonds is 4. The molecule has 1 aliphatic heterocycles. The molecule has 1 atom stereocenters. The fourth-order valence-electron chi connectivity index (χ4n) is 2.46. The number of aliphatic hydroxyl groups excluding tert-OH is 1. The molecule has 23 heavy (non-hydrogen) atoms. The molecule has 1 heterocycles. The Morgan fingerprint density at radius 3 is 2.52 bits per heavy atom. The zero-order valence-electron chi connectivity index (χ0n) is 14.2. The first-order valence-electron chi connectivity index (χ1n) is 8.09. The second-order valence-corrected chi connectivity index (χ2v) is 6.96. The Bertz CT molecular complexity index is 483. The van der Waals surface area contributed by atoms with Gasteiger partial charge in [0.2, 0.25) is 0 Å². The maximum Gasteiger partial charge on any atom is 0.302 e. The monoisotopic (exact) mass is 342 g/mol. The summed E-state index contributed by atoms with van der Waals surface area (Å²) in [6, 6.07) is 5.63. The maximum absolute atomic E-state index is 13.6. The highest BCUT2D eigenvalue weighted by Gasteiger charge is 2.18. The van der Waals surface area contributed by atoms with E-state index in [-0.39, 0.29) is 24.5 Å². The van der Waals surface area contributed by atoms with Gasteiger partial charge in [-0.25, -0.2) is 4.39 Å². The first-order chi connectivity index (χ1) is 11.0. The molecule has 0 spiro atoms. The molecule has 1 aromatic carbocycles. The van der Waals surface area contributed by atoms with Crippen LogP contribution in [0.3, 0.4) is 0 Å². The third kappa shape index (κ3) is 7.36. The van der Waals surface area contributed by atoms with E-state index in [1.807, 2.05) is 37.7 Å². The van der Waals surface area contributed by atoms with E-state index in [9.17, 15) is 9.18 Å². The molecule has 1 aliphatic rings. The van der Waals surface area contributed by atoms with Crippen LogP contribution in [0.15, 0.2) is 18.2 Å². The summed E-state index contributed by atoms with van der Waals surface area (Å²) in [5, 5.41) is 8.50. The average molecular weight is 342 g/mol. The van der Waals surface area contributed by atoms with Crippen molar-refractivity contribution in [2.24, 2.45) is 0 Å². The van der Waals surface area contributed by atoms with Crippen molar-refractivity contribution in [3.63, 3.8) is 0 Å². The summed E-state index contributed by atoms with van der Waals surface area (Å²) in [7, 11) is 0. The molecule has 1 saturated heterocycles. The number of esters is 1. The van der Waals surface area contributed by atoms with Crippen LogP contribution in [-0.2, 0) is 9.53 Å². The maximum atomic E-state index is 13.6. The predicted octanol–water partition coefficient (Wildman–Crippen LogP) is 4.07. The van der Waals surface area contributed by atoms with Crippen LogP contribution in [0.25, 0.3) is 0 Å². The second kappa shape index (κ2) is 10.7. The fraction of sp³-hybridized carbons (Fsp3) is 0.611. The van der Waals surface area contributed by atoms with E-state index in [2.05, 4.69) is 4.74 Å². The summed E-state index contributed by atoms with van der Waals surface area (Å²) in [6.07, 6.45) is 2.60. The Morgan fingerprint density at radius 1 is 1.43 bits per heavy atom. The number of hydrogen-bond acceptors (Lipinski definition) is 4. The number of ether oxygens (including phenoxy) is 1. The molecule has 0 aromatic heterocycles. The van der Waals surface area contributed by atoms with Crippen LogP contribution in [0.1, 0.15) is 50.2 Å². The smallest absolute Gasteiger partial charge is 0.302 e. The lowest BCUT2D eigenvalue weighted by Crippen LogP contribution is -2.18. The van der Waals surface area contributed by atoms with Crippen molar-refractivity contribution < 1.29 is 19.0 Å².